The Morgan fingerprint density at radius 3 is 2.57 bits per heavy atom. The predicted octanol–water partition coefficient (Wildman–Crippen LogP) is 4.74. The highest BCUT2D eigenvalue weighted by molar-refractivity contribution is 5.62. The van der Waals surface area contributed by atoms with Gasteiger partial charge in [-0.25, -0.2) is 4.98 Å². The Bertz CT molecular complexity index is 948. The monoisotopic (exact) mass is 389 g/mol. The maximum Gasteiger partial charge on any atom is 0.573 e. The maximum atomic E-state index is 12.4. The van der Waals surface area contributed by atoms with Crippen molar-refractivity contribution in [3.63, 3.8) is 0 Å². The van der Waals surface area contributed by atoms with Gasteiger partial charge in [-0.15, -0.1) is 13.2 Å². The van der Waals surface area contributed by atoms with Crippen LogP contribution in [0.1, 0.15) is 17.0 Å². The van der Waals surface area contributed by atoms with E-state index in [0.29, 0.717) is 24.0 Å². The second-order valence-corrected chi connectivity index (χ2v) is 5.98. The molecule has 2 aromatic heterocycles. The van der Waals surface area contributed by atoms with Crippen LogP contribution >= 0.6 is 0 Å². The van der Waals surface area contributed by atoms with E-state index in [9.17, 15) is 13.2 Å². The lowest BCUT2D eigenvalue weighted by atomic mass is 10.2. The molecule has 0 spiro atoms. The molecule has 146 valence electrons. The molecule has 2 N–H and O–H groups in total. The van der Waals surface area contributed by atoms with Crippen molar-refractivity contribution >= 4 is 17.5 Å². The van der Waals surface area contributed by atoms with E-state index in [1.807, 2.05) is 32.0 Å². The van der Waals surface area contributed by atoms with Gasteiger partial charge in [0.25, 0.3) is 0 Å². The maximum absolute atomic E-state index is 12.4. The van der Waals surface area contributed by atoms with Crippen molar-refractivity contribution in [1.82, 2.24) is 15.0 Å². The van der Waals surface area contributed by atoms with E-state index in [1.54, 1.807) is 12.3 Å². The van der Waals surface area contributed by atoms with Gasteiger partial charge < -0.3 is 15.4 Å². The van der Waals surface area contributed by atoms with Crippen LogP contribution in [0.3, 0.4) is 0 Å². The summed E-state index contributed by atoms with van der Waals surface area (Å²) in [6, 6.07) is 11.2. The van der Waals surface area contributed by atoms with Crippen LogP contribution in [0.15, 0.2) is 48.7 Å². The highest BCUT2D eigenvalue weighted by atomic mass is 19.4. The number of aryl methyl sites for hydroxylation is 1. The summed E-state index contributed by atoms with van der Waals surface area (Å²) in [6.45, 7) is 4.10. The molecular formula is C19H18F3N5O. The molecule has 9 heteroatoms. The van der Waals surface area contributed by atoms with Gasteiger partial charge in [0.15, 0.2) is 0 Å². The van der Waals surface area contributed by atoms with Crippen molar-refractivity contribution in [2.45, 2.75) is 26.8 Å². The summed E-state index contributed by atoms with van der Waals surface area (Å²) in [5.41, 5.74) is 2.77. The molecule has 28 heavy (non-hydrogen) atoms. The van der Waals surface area contributed by atoms with Crippen LogP contribution in [-0.2, 0) is 6.54 Å². The van der Waals surface area contributed by atoms with Crippen LogP contribution in [-0.4, -0.2) is 21.3 Å². The number of ether oxygens (including phenoxy) is 1. The Morgan fingerprint density at radius 1 is 1.04 bits per heavy atom. The topological polar surface area (TPSA) is 72.0 Å². The van der Waals surface area contributed by atoms with Crippen LogP contribution < -0.4 is 15.4 Å². The highest BCUT2D eigenvalue weighted by Crippen LogP contribution is 2.27. The molecule has 0 radical (unpaired) electrons. The molecule has 0 bridgehead atoms. The number of anilines is 3. The van der Waals surface area contributed by atoms with E-state index in [-0.39, 0.29) is 5.75 Å². The Kier molecular flexibility index (Phi) is 5.62. The summed E-state index contributed by atoms with van der Waals surface area (Å²) in [6.07, 6.45) is -3.05. The summed E-state index contributed by atoms with van der Waals surface area (Å²) in [4.78, 5) is 13.0. The molecule has 0 aliphatic heterocycles. The first-order chi connectivity index (χ1) is 13.3. The van der Waals surface area contributed by atoms with Gasteiger partial charge in [-0.1, -0.05) is 12.1 Å². The van der Waals surface area contributed by atoms with Gasteiger partial charge in [-0.3, -0.25) is 4.98 Å². The zero-order chi connectivity index (χ0) is 20.1. The standard InChI is InChI=1S/C19H18F3N5O/c1-12-13(2)25-18(24-11-15-6-3-4-9-23-15)27-17(12)26-14-7-5-8-16(10-14)28-19(20,21)22/h3-10H,11H2,1-2H3,(H2,24,25,26,27). The van der Waals surface area contributed by atoms with Crippen molar-refractivity contribution in [3.05, 3.63) is 65.6 Å². The Hall–Kier alpha value is -3.36. The third kappa shape index (κ3) is 5.32. The van der Waals surface area contributed by atoms with Gasteiger partial charge in [-0.05, 0) is 38.1 Å². The number of rotatable bonds is 6. The van der Waals surface area contributed by atoms with Crippen LogP contribution in [0.2, 0.25) is 0 Å². The molecular weight excluding hydrogens is 371 g/mol. The minimum Gasteiger partial charge on any atom is -0.406 e. The Morgan fingerprint density at radius 2 is 1.86 bits per heavy atom. The second kappa shape index (κ2) is 8.12. The van der Waals surface area contributed by atoms with E-state index in [2.05, 4.69) is 30.3 Å². The van der Waals surface area contributed by atoms with Gasteiger partial charge >= 0.3 is 6.36 Å². The zero-order valence-electron chi connectivity index (χ0n) is 15.2. The third-order valence-electron chi connectivity index (χ3n) is 3.87. The lowest BCUT2D eigenvalue weighted by Gasteiger charge is -2.14. The largest absolute Gasteiger partial charge is 0.573 e. The summed E-state index contributed by atoms with van der Waals surface area (Å²) in [5.74, 6) is 0.563. The fourth-order valence-electron chi connectivity index (χ4n) is 2.41. The number of alkyl halides is 3. The molecule has 0 atom stereocenters. The van der Waals surface area contributed by atoms with Gasteiger partial charge in [0.05, 0.1) is 12.2 Å². The number of halogens is 3. The molecule has 2 heterocycles. The molecule has 0 fully saturated rings. The number of hydrogen-bond acceptors (Lipinski definition) is 6. The lowest BCUT2D eigenvalue weighted by Crippen LogP contribution is -2.17. The van der Waals surface area contributed by atoms with E-state index in [0.717, 1.165) is 17.0 Å². The van der Waals surface area contributed by atoms with Gasteiger partial charge in [-0.2, -0.15) is 4.98 Å². The van der Waals surface area contributed by atoms with E-state index < -0.39 is 6.36 Å². The molecule has 0 amide bonds. The molecule has 0 saturated carbocycles. The predicted molar refractivity (Wildman–Crippen MR) is 99.5 cm³/mol. The number of pyridine rings is 1. The lowest BCUT2D eigenvalue weighted by molar-refractivity contribution is -0.274. The molecule has 0 saturated heterocycles. The molecule has 6 nitrogen and oxygen atoms in total. The van der Waals surface area contributed by atoms with Crippen molar-refractivity contribution in [1.29, 1.82) is 0 Å². The first-order valence-corrected chi connectivity index (χ1v) is 8.42. The minimum absolute atomic E-state index is 0.311. The Balaban J connectivity index is 1.78. The fraction of sp³-hybridized carbons (Fsp3) is 0.211. The average molecular weight is 389 g/mol. The summed E-state index contributed by atoms with van der Waals surface area (Å²) >= 11 is 0. The average Bonchev–Trinajstić information content (AvgIpc) is 2.64. The summed E-state index contributed by atoms with van der Waals surface area (Å²) in [7, 11) is 0. The molecule has 3 aromatic rings. The molecule has 0 aliphatic carbocycles. The number of nitrogens with zero attached hydrogens (tertiary/aromatic N) is 3. The second-order valence-electron chi connectivity index (χ2n) is 5.98. The first-order valence-electron chi connectivity index (χ1n) is 8.42. The van der Waals surface area contributed by atoms with Crippen molar-refractivity contribution in [3.8, 4) is 5.75 Å². The molecule has 1 aromatic carbocycles. The van der Waals surface area contributed by atoms with Crippen molar-refractivity contribution in [2.24, 2.45) is 0 Å². The zero-order valence-corrected chi connectivity index (χ0v) is 15.2. The Labute approximate surface area is 159 Å². The van der Waals surface area contributed by atoms with Crippen LogP contribution in [0.4, 0.5) is 30.6 Å². The van der Waals surface area contributed by atoms with Crippen LogP contribution in [0.25, 0.3) is 0 Å². The SMILES string of the molecule is Cc1nc(NCc2ccccn2)nc(Nc2cccc(OC(F)(F)F)c2)c1C. The normalized spacial score (nSPS) is 11.2. The van der Waals surface area contributed by atoms with E-state index in [1.165, 1.54) is 18.2 Å². The number of hydrogen-bond donors (Lipinski definition) is 2. The number of benzene rings is 1. The minimum atomic E-state index is -4.75. The van der Waals surface area contributed by atoms with E-state index >= 15 is 0 Å². The highest BCUT2D eigenvalue weighted by Gasteiger charge is 2.31. The fourth-order valence-corrected chi connectivity index (χ4v) is 2.41. The van der Waals surface area contributed by atoms with Crippen molar-refractivity contribution < 1.29 is 17.9 Å². The number of aromatic nitrogens is 3. The molecule has 0 aliphatic rings. The van der Waals surface area contributed by atoms with E-state index in [4.69, 9.17) is 0 Å². The van der Waals surface area contributed by atoms with Crippen LogP contribution in [0.5, 0.6) is 5.75 Å². The van der Waals surface area contributed by atoms with Gasteiger partial charge in [0, 0.05) is 29.2 Å². The summed E-state index contributed by atoms with van der Waals surface area (Å²) in [5, 5.41) is 6.12. The molecule has 3 rings (SSSR count). The van der Waals surface area contributed by atoms with Crippen molar-refractivity contribution in [2.75, 3.05) is 10.6 Å². The van der Waals surface area contributed by atoms with Gasteiger partial charge in [0.2, 0.25) is 5.95 Å². The third-order valence-corrected chi connectivity index (χ3v) is 3.87. The quantitative estimate of drug-likeness (QED) is 0.634. The number of nitrogens with one attached hydrogen (secondary N) is 2. The summed E-state index contributed by atoms with van der Waals surface area (Å²) < 4.78 is 41.2. The molecule has 0 unspecified atom stereocenters. The van der Waals surface area contributed by atoms with Gasteiger partial charge in [0.1, 0.15) is 11.6 Å². The first kappa shape index (κ1) is 19.4. The smallest absolute Gasteiger partial charge is 0.406 e. The van der Waals surface area contributed by atoms with Crippen LogP contribution in [0, 0.1) is 13.8 Å².